The second-order valence-electron chi connectivity index (χ2n) is 3.57. The highest BCUT2D eigenvalue weighted by Crippen LogP contribution is 2.29. The Bertz CT molecular complexity index is 578. The summed E-state index contributed by atoms with van der Waals surface area (Å²) in [5, 5.41) is 12.3. The molecule has 0 aliphatic rings. The first-order valence-electron chi connectivity index (χ1n) is 4.95. The van der Waals surface area contributed by atoms with Crippen LogP contribution < -0.4 is 0 Å². The predicted molar refractivity (Wildman–Crippen MR) is 55.3 cm³/mol. The fourth-order valence-electron chi connectivity index (χ4n) is 1.41. The Balaban J connectivity index is 2.14. The van der Waals surface area contributed by atoms with Gasteiger partial charge in [-0.15, -0.1) is 5.10 Å². The zero-order valence-corrected chi connectivity index (χ0v) is 9.02. The summed E-state index contributed by atoms with van der Waals surface area (Å²) >= 11 is 0. The number of nitrogens with zero attached hydrogens (tertiary/aromatic N) is 4. The minimum Gasteiger partial charge on any atom is -0.247 e. The minimum absolute atomic E-state index is 0.0295. The molecule has 0 aliphatic heterocycles. The van der Waals surface area contributed by atoms with Crippen molar-refractivity contribution in [1.29, 1.82) is 5.26 Å². The van der Waals surface area contributed by atoms with Crippen LogP contribution in [-0.4, -0.2) is 14.8 Å². The van der Waals surface area contributed by atoms with Gasteiger partial charge in [0.15, 0.2) is 0 Å². The van der Waals surface area contributed by atoms with E-state index < -0.39 is 11.7 Å². The molecule has 0 N–H and O–H groups in total. The van der Waals surface area contributed by atoms with Crippen LogP contribution in [0.1, 0.15) is 17.0 Å². The summed E-state index contributed by atoms with van der Waals surface area (Å²) in [6.45, 7) is 0.271. The van der Waals surface area contributed by atoms with Gasteiger partial charge in [-0.05, 0) is 17.7 Å². The molecule has 0 fully saturated rings. The molecular weight excluding hydrogens is 245 g/mol. The molecule has 7 heteroatoms. The number of alkyl halides is 3. The molecule has 0 saturated carbocycles. The number of nitriles is 1. The number of rotatable bonds is 2. The molecule has 1 aromatic heterocycles. The van der Waals surface area contributed by atoms with Crippen molar-refractivity contribution < 1.29 is 13.2 Å². The Morgan fingerprint density at radius 3 is 2.39 bits per heavy atom. The summed E-state index contributed by atoms with van der Waals surface area (Å²) < 4.78 is 38.4. The van der Waals surface area contributed by atoms with E-state index in [2.05, 4.69) is 10.1 Å². The first-order chi connectivity index (χ1) is 8.49. The average Bonchev–Trinajstić information content (AvgIpc) is 2.76. The first-order valence-corrected chi connectivity index (χ1v) is 4.95. The molecule has 0 amide bonds. The molecule has 0 unspecified atom stereocenters. The van der Waals surface area contributed by atoms with Gasteiger partial charge in [0.2, 0.25) is 0 Å². The van der Waals surface area contributed by atoms with Crippen molar-refractivity contribution >= 4 is 0 Å². The van der Waals surface area contributed by atoms with E-state index in [1.165, 1.54) is 23.1 Å². The van der Waals surface area contributed by atoms with E-state index in [-0.39, 0.29) is 12.4 Å². The van der Waals surface area contributed by atoms with Gasteiger partial charge < -0.3 is 0 Å². The van der Waals surface area contributed by atoms with Gasteiger partial charge in [0.25, 0.3) is 5.82 Å². The van der Waals surface area contributed by atoms with Crippen LogP contribution in [0, 0.1) is 11.3 Å². The van der Waals surface area contributed by atoms with Gasteiger partial charge in [0, 0.05) is 0 Å². The van der Waals surface area contributed by atoms with Gasteiger partial charge in [-0.3, -0.25) is 0 Å². The molecule has 0 atom stereocenters. The summed E-state index contributed by atoms with van der Waals surface area (Å²) in [6.07, 6.45) is -2.98. The van der Waals surface area contributed by atoms with E-state index in [9.17, 15) is 13.2 Å². The van der Waals surface area contributed by atoms with Crippen LogP contribution in [0.4, 0.5) is 13.2 Å². The van der Waals surface area contributed by atoms with Crippen LogP contribution in [-0.2, 0) is 12.7 Å². The largest absolute Gasteiger partial charge is 0.416 e. The topological polar surface area (TPSA) is 54.5 Å². The third kappa shape index (κ3) is 2.66. The van der Waals surface area contributed by atoms with Gasteiger partial charge in [0.05, 0.1) is 12.1 Å². The molecular formula is C11H7F3N4. The smallest absolute Gasteiger partial charge is 0.247 e. The summed E-state index contributed by atoms with van der Waals surface area (Å²) in [4.78, 5) is 3.70. The highest BCUT2D eigenvalue weighted by atomic mass is 19.4. The van der Waals surface area contributed by atoms with E-state index >= 15 is 0 Å². The van der Waals surface area contributed by atoms with Gasteiger partial charge in [0.1, 0.15) is 12.4 Å². The summed E-state index contributed by atoms with van der Waals surface area (Å²) in [7, 11) is 0. The maximum Gasteiger partial charge on any atom is 0.416 e. The fourth-order valence-corrected chi connectivity index (χ4v) is 1.41. The second-order valence-corrected chi connectivity index (χ2v) is 3.57. The number of aromatic nitrogens is 3. The van der Waals surface area contributed by atoms with Crippen molar-refractivity contribution in [2.24, 2.45) is 0 Å². The van der Waals surface area contributed by atoms with Crippen molar-refractivity contribution in [2.75, 3.05) is 0 Å². The van der Waals surface area contributed by atoms with Crippen LogP contribution in [0.2, 0.25) is 0 Å². The second kappa shape index (κ2) is 4.49. The quantitative estimate of drug-likeness (QED) is 0.823. The van der Waals surface area contributed by atoms with Crippen molar-refractivity contribution in [3.63, 3.8) is 0 Å². The number of hydrogen-bond donors (Lipinski definition) is 0. The number of benzene rings is 1. The van der Waals surface area contributed by atoms with Gasteiger partial charge in [-0.25, -0.2) is 9.67 Å². The average molecular weight is 252 g/mol. The monoisotopic (exact) mass is 252 g/mol. The van der Waals surface area contributed by atoms with Crippen LogP contribution in [0.25, 0.3) is 0 Å². The molecule has 0 spiro atoms. The predicted octanol–water partition coefficient (Wildman–Crippen LogP) is 2.22. The Kier molecular flexibility index (Phi) is 3.02. The summed E-state index contributed by atoms with van der Waals surface area (Å²) in [6, 6.07) is 6.54. The maximum atomic E-state index is 12.3. The molecule has 2 rings (SSSR count). The molecule has 4 nitrogen and oxygen atoms in total. The number of hydrogen-bond acceptors (Lipinski definition) is 3. The van der Waals surface area contributed by atoms with Crippen LogP contribution >= 0.6 is 0 Å². The SMILES string of the molecule is N#Cc1ncn(Cc2ccc(C(F)(F)F)cc2)n1. The molecule has 0 radical (unpaired) electrons. The van der Waals surface area contributed by atoms with Crippen molar-refractivity contribution in [3.05, 3.63) is 47.5 Å². The zero-order chi connectivity index (χ0) is 13.2. The van der Waals surface area contributed by atoms with E-state index in [0.717, 1.165) is 12.1 Å². The molecule has 18 heavy (non-hydrogen) atoms. The lowest BCUT2D eigenvalue weighted by Gasteiger charge is -2.07. The number of halogens is 3. The van der Waals surface area contributed by atoms with Crippen LogP contribution in [0.5, 0.6) is 0 Å². The lowest BCUT2D eigenvalue weighted by Crippen LogP contribution is -2.05. The van der Waals surface area contributed by atoms with Crippen molar-refractivity contribution in [2.45, 2.75) is 12.7 Å². The highest BCUT2D eigenvalue weighted by molar-refractivity contribution is 5.24. The highest BCUT2D eigenvalue weighted by Gasteiger charge is 2.29. The Morgan fingerprint density at radius 2 is 1.89 bits per heavy atom. The fraction of sp³-hybridized carbons (Fsp3) is 0.182. The Morgan fingerprint density at radius 1 is 1.22 bits per heavy atom. The van der Waals surface area contributed by atoms with Gasteiger partial charge in [-0.1, -0.05) is 12.1 Å². The zero-order valence-electron chi connectivity index (χ0n) is 9.02. The van der Waals surface area contributed by atoms with E-state index in [0.29, 0.717) is 5.56 Å². The summed E-state index contributed by atoms with van der Waals surface area (Å²) in [5.41, 5.74) is -0.0417. The third-order valence-electron chi connectivity index (χ3n) is 2.26. The lowest BCUT2D eigenvalue weighted by atomic mass is 10.1. The Hall–Kier alpha value is -2.36. The molecule has 2 aromatic rings. The first kappa shape index (κ1) is 12.1. The maximum absolute atomic E-state index is 12.3. The molecule has 0 saturated heterocycles. The molecule has 0 aliphatic carbocycles. The van der Waals surface area contributed by atoms with Crippen molar-refractivity contribution in [1.82, 2.24) is 14.8 Å². The Labute approximate surface area is 100 Å². The van der Waals surface area contributed by atoms with Crippen LogP contribution in [0.3, 0.4) is 0 Å². The lowest BCUT2D eigenvalue weighted by molar-refractivity contribution is -0.137. The molecule has 0 bridgehead atoms. The minimum atomic E-state index is -4.33. The van der Waals surface area contributed by atoms with Crippen LogP contribution in [0.15, 0.2) is 30.6 Å². The van der Waals surface area contributed by atoms with Gasteiger partial charge >= 0.3 is 6.18 Å². The molecule has 1 heterocycles. The van der Waals surface area contributed by atoms with Crippen molar-refractivity contribution in [3.8, 4) is 6.07 Å². The van der Waals surface area contributed by atoms with E-state index in [1.807, 2.05) is 0 Å². The summed E-state index contributed by atoms with van der Waals surface area (Å²) in [5.74, 6) is 0.0295. The molecule has 92 valence electrons. The normalized spacial score (nSPS) is 11.2. The van der Waals surface area contributed by atoms with E-state index in [4.69, 9.17) is 5.26 Å². The van der Waals surface area contributed by atoms with E-state index in [1.54, 1.807) is 6.07 Å². The van der Waals surface area contributed by atoms with Gasteiger partial charge in [-0.2, -0.15) is 18.4 Å². The molecule has 1 aromatic carbocycles. The standard InChI is InChI=1S/C11H7F3N4/c12-11(13,14)9-3-1-8(2-4-9)6-18-7-16-10(5-15)17-18/h1-4,7H,6H2. The third-order valence-corrected chi connectivity index (χ3v) is 2.26.